The maximum absolute atomic E-state index is 13.6. The molecule has 3 N–H and O–H groups in total. The zero-order valence-corrected chi connectivity index (χ0v) is 20.4. The van der Waals surface area contributed by atoms with Gasteiger partial charge in [0.1, 0.15) is 39.2 Å². The zero-order chi connectivity index (χ0) is 28.8. The first kappa shape index (κ1) is 28.2. The van der Waals surface area contributed by atoms with Crippen LogP contribution >= 0.6 is 22.9 Å². The van der Waals surface area contributed by atoms with E-state index in [0.29, 0.717) is 17.4 Å². The molecule has 3 aromatic heterocycles. The van der Waals surface area contributed by atoms with Crippen LogP contribution in [0.25, 0.3) is 21.3 Å². The SMILES string of the molecule is NC(=O)c1sc2nc(C(F)(F)F)cc(-c3ccc(F)cc3)c2c1NC(=O)Cn1nc(C(F)F)c(Cl)c1C(F)F. The normalized spacial score (nSPS) is 12.1. The number of alkyl halides is 7. The maximum atomic E-state index is 13.6. The molecule has 0 spiro atoms. The molecule has 0 bridgehead atoms. The fourth-order valence-corrected chi connectivity index (χ4v) is 4.96. The van der Waals surface area contributed by atoms with Gasteiger partial charge in [0.2, 0.25) is 5.91 Å². The molecule has 0 saturated heterocycles. The molecule has 1 aromatic carbocycles. The first-order chi connectivity index (χ1) is 18.2. The number of nitrogens with zero attached hydrogens (tertiary/aromatic N) is 3. The molecule has 0 aliphatic heterocycles. The second-order valence-corrected chi connectivity index (χ2v) is 9.18. The summed E-state index contributed by atoms with van der Waals surface area (Å²) >= 11 is 5.98. The average molecular weight is 598 g/mol. The number of halogens is 9. The highest BCUT2D eigenvalue weighted by molar-refractivity contribution is 7.21. The van der Waals surface area contributed by atoms with E-state index in [1.807, 2.05) is 0 Å². The van der Waals surface area contributed by atoms with E-state index < -0.39 is 75.9 Å². The molecule has 7 nitrogen and oxygen atoms in total. The minimum absolute atomic E-state index is 0.0408. The Morgan fingerprint density at radius 2 is 1.74 bits per heavy atom. The lowest BCUT2D eigenvalue weighted by atomic mass is 10.0. The van der Waals surface area contributed by atoms with Crippen LogP contribution in [-0.4, -0.2) is 26.6 Å². The third-order valence-corrected chi connectivity index (χ3v) is 6.74. The predicted octanol–water partition coefficient (Wildman–Crippen LogP) is 6.58. The number of anilines is 1. The van der Waals surface area contributed by atoms with Gasteiger partial charge in [-0.15, -0.1) is 11.3 Å². The van der Waals surface area contributed by atoms with Crippen LogP contribution in [0.1, 0.15) is 39.6 Å². The van der Waals surface area contributed by atoms with Crippen LogP contribution in [0.5, 0.6) is 0 Å². The molecule has 0 fully saturated rings. The van der Waals surface area contributed by atoms with Gasteiger partial charge in [0.25, 0.3) is 18.8 Å². The van der Waals surface area contributed by atoms with Crippen molar-refractivity contribution in [2.24, 2.45) is 5.73 Å². The van der Waals surface area contributed by atoms with Crippen molar-refractivity contribution in [3.8, 4) is 11.1 Å². The average Bonchev–Trinajstić information content (AvgIpc) is 3.36. The quantitative estimate of drug-likeness (QED) is 0.235. The monoisotopic (exact) mass is 597 g/mol. The Kier molecular flexibility index (Phi) is 7.53. The van der Waals surface area contributed by atoms with Crippen LogP contribution in [-0.2, 0) is 17.5 Å². The van der Waals surface area contributed by atoms with Crippen LogP contribution in [0.3, 0.4) is 0 Å². The number of pyridine rings is 1. The number of hydrogen-bond donors (Lipinski definition) is 2. The van der Waals surface area contributed by atoms with E-state index in [1.165, 1.54) is 0 Å². The number of thiophene rings is 1. The molecular formula is C22H12ClF8N5O2S. The zero-order valence-electron chi connectivity index (χ0n) is 18.8. The van der Waals surface area contributed by atoms with E-state index in [4.69, 9.17) is 17.3 Å². The molecule has 0 radical (unpaired) electrons. The number of nitrogens with one attached hydrogen (secondary N) is 1. The first-order valence-corrected chi connectivity index (χ1v) is 11.6. The number of amides is 2. The summed E-state index contributed by atoms with van der Waals surface area (Å²) in [5, 5.41) is 4.23. The van der Waals surface area contributed by atoms with Crippen molar-refractivity contribution in [1.82, 2.24) is 14.8 Å². The summed E-state index contributed by atoms with van der Waals surface area (Å²) in [6.45, 7) is -1.10. The number of carbonyl (C=O) groups is 2. The summed E-state index contributed by atoms with van der Waals surface area (Å²) in [5.41, 5.74) is 1.04. The van der Waals surface area contributed by atoms with Gasteiger partial charge >= 0.3 is 6.18 Å². The van der Waals surface area contributed by atoms with Crippen molar-refractivity contribution in [3.05, 3.63) is 63.1 Å². The van der Waals surface area contributed by atoms with Crippen molar-refractivity contribution in [2.45, 2.75) is 25.6 Å². The topological polar surface area (TPSA) is 103 Å². The van der Waals surface area contributed by atoms with Gasteiger partial charge in [-0.05, 0) is 29.3 Å². The fraction of sp³-hybridized carbons (Fsp3) is 0.182. The molecule has 4 rings (SSSR count). The summed E-state index contributed by atoms with van der Waals surface area (Å²) in [6, 6.07) is 4.82. The number of hydrogen-bond acceptors (Lipinski definition) is 5. The highest BCUT2D eigenvalue weighted by Crippen LogP contribution is 2.44. The van der Waals surface area contributed by atoms with Crippen molar-refractivity contribution >= 4 is 50.7 Å². The molecule has 17 heteroatoms. The highest BCUT2D eigenvalue weighted by atomic mass is 35.5. The molecule has 0 atom stereocenters. The van der Waals surface area contributed by atoms with Gasteiger partial charge in [-0.3, -0.25) is 14.3 Å². The molecular weight excluding hydrogens is 586 g/mol. The number of carbonyl (C=O) groups excluding carboxylic acids is 2. The van der Waals surface area contributed by atoms with Gasteiger partial charge in [0.05, 0.1) is 10.7 Å². The number of fused-ring (bicyclic) bond motifs is 1. The van der Waals surface area contributed by atoms with Crippen LogP contribution < -0.4 is 11.1 Å². The van der Waals surface area contributed by atoms with E-state index in [0.717, 1.165) is 24.3 Å². The summed E-state index contributed by atoms with van der Waals surface area (Å²) in [4.78, 5) is 27.7. The van der Waals surface area contributed by atoms with Gasteiger partial charge < -0.3 is 11.1 Å². The molecule has 0 aliphatic rings. The molecule has 206 valence electrons. The Labute approximate surface area is 221 Å². The largest absolute Gasteiger partial charge is 0.433 e. The van der Waals surface area contributed by atoms with E-state index in [-0.39, 0.29) is 26.0 Å². The molecule has 0 aliphatic carbocycles. The molecule has 0 unspecified atom stereocenters. The third kappa shape index (κ3) is 5.52. The standard InChI is InChI=1S/C22H12ClF8N5O2S/c23-13-15(18(25)26)35-36(16(13)19(27)28)6-11(37)34-14-12-9(7-1-3-8(24)4-2-7)5-10(22(29,30)31)33-21(12)39-17(14)20(32)38/h1-5,18-19H,6H2,(H2,32,38)(H,34,37). The Morgan fingerprint density at radius 3 is 2.28 bits per heavy atom. The molecule has 4 aromatic rings. The second kappa shape index (κ2) is 10.4. The minimum Gasteiger partial charge on any atom is -0.365 e. The van der Waals surface area contributed by atoms with E-state index in [1.54, 1.807) is 0 Å². The van der Waals surface area contributed by atoms with E-state index in [2.05, 4.69) is 15.4 Å². The molecule has 2 amide bonds. The Bertz CT molecular complexity index is 1580. The third-order valence-electron chi connectivity index (χ3n) is 5.26. The molecule has 3 heterocycles. The van der Waals surface area contributed by atoms with E-state index in [9.17, 15) is 44.7 Å². The van der Waals surface area contributed by atoms with Crippen LogP contribution in [0, 0.1) is 5.82 Å². The lowest BCUT2D eigenvalue weighted by Crippen LogP contribution is -2.23. The number of primary amides is 1. The summed E-state index contributed by atoms with van der Waals surface area (Å²) in [6.07, 6.45) is -11.7. The number of benzene rings is 1. The molecule has 0 saturated carbocycles. The second-order valence-electron chi connectivity index (χ2n) is 7.80. The number of aromatic nitrogens is 3. The van der Waals surface area contributed by atoms with Crippen molar-refractivity contribution in [1.29, 1.82) is 0 Å². The Balaban J connectivity index is 1.86. The van der Waals surface area contributed by atoms with E-state index >= 15 is 0 Å². The van der Waals surface area contributed by atoms with Crippen LogP contribution in [0.4, 0.5) is 40.8 Å². The number of rotatable bonds is 7. The van der Waals surface area contributed by atoms with Crippen LogP contribution in [0.2, 0.25) is 5.02 Å². The summed E-state index contributed by atoms with van der Waals surface area (Å²) < 4.78 is 108. The minimum atomic E-state index is -4.93. The van der Waals surface area contributed by atoms with Crippen LogP contribution in [0.15, 0.2) is 30.3 Å². The van der Waals surface area contributed by atoms with Crippen molar-refractivity contribution < 1.29 is 44.7 Å². The highest BCUT2D eigenvalue weighted by Gasteiger charge is 2.35. The van der Waals surface area contributed by atoms with Gasteiger partial charge in [0, 0.05) is 5.39 Å². The lowest BCUT2D eigenvalue weighted by molar-refractivity contribution is -0.140. The van der Waals surface area contributed by atoms with Crippen molar-refractivity contribution in [3.63, 3.8) is 0 Å². The van der Waals surface area contributed by atoms with Gasteiger partial charge in [0.15, 0.2) is 0 Å². The maximum Gasteiger partial charge on any atom is 0.433 e. The smallest absolute Gasteiger partial charge is 0.365 e. The fourth-order valence-electron chi connectivity index (χ4n) is 3.65. The Hall–Kier alpha value is -3.79. The number of nitrogens with two attached hydrogens (primary N) is 1. The Morgan fingerprint density at radius 1 is 1.10 bits per heavy atom. The lowest BCUT2D eigenvalue weighted by Gasteiger charge is -2.13. The summed E-state index contributed by atoms with van der Waals surface area (Å²) in [5.74, 6) is -3.07. The van der Waals surface area contributed by atoms with Crippen molar-refractivity contribution in [2.75, 3.05) is 5.32 Å². The summed E-state index contributed by atoms with van der Waals surface area (Å²) in [7, 11) is 0. The first-order valence-electron chi connectivity index (χ1n) is 10.4. The van der Waals surface area contributed by atoms with Gasteiger partial charge in [-0.25, -0.2) is 26.9 Å². The predicted molar refractivity (Wildman–Crippen MR) is 124 cm³/mol. The van der Waals surface area contributed by atoms with Gasteiger partial charge in [-0.1, -0.05) is 23.7 Å². The molecule has 39 heavy (non-hydrogen) atoms. The van der Waals surface area contributed by atoms with Gasteiger partial charge in [-0.2, -0.15) is 18.3 Å².